The Morgan fingerprint density at radius 1 is 1.55 bits per heavy atom. The minimum atomic E-state index is -1.20. The number of hydrogen-bond acceptors (Lipinski definition) is 6. The number of thiazole rings is 1. The molecular weight excluding hydrogens is 282 g/mol. The SMILES string of the molecule is CC(Nc1ccc(C(=O)O)cc1[N+](=O)[O-])c1nccs1. The van der Waals surface area contributed by atoms with E-state index in [1.807, 2.05) is 12.3 Å². The van der Waals surface area contributed by atoms with Gasteiger partial charge in [-0.05, 0) is 19.1 Å². The van der Waals surface area contributed by atoms with Gasteiger partial charge >= 0.3 is 5.97 Å². The van der Waals surface area contributed by atoms with Crippen LogP contribution in [0.5, 0.6) is 0 Å². The van der Waals surface area contributed by atoms with Crippen molar-refractivity contribution in [2.24, 2.45) is 0 Å². The van der Waals surface area contributed by atoms with E-state index in [0.717, 1.165) is 11.1 Å². The number of rotatable bonds is 5. The Labute approximate surface area is 118 Å². The number of carboxylic acids is 1. The lowest BCUT2D eigenvalue weighted by Gasteiger charge is -2.13. The second-order valence-corrected chi connectivity index (χ2v) is 4.96. The van der Waals surface area contributed by atoms with Crippen molar-refractivity contribution in [2.75, 3.05) is 5.32 Å². The highest BCUT2D eigenvalue weighted by atomic mass is 32.1. The van der Waals surface area contributed by atoms with Gasteiger partial charge < -0.3 is 10.4 Å². The molecule has 104 valence electrons. The van der Waals surface area contributed by atoms with Crippen LogP contribution in [0.3, 0.4) is 0 Å². The second-order valence-electron chi connectivity index (χ2n) is 4.03. The highest BCUT2D eigenvalue weighted by Crippen LogP contribution is 2.29. The van der Waals surface area contributed by atoms with Crippen molar-refractivity contribution in [3.05, 3.63) is 50.5 Å². The maximum atomic E-state index is 11.0. The molecule has 0 saturated carbocycles. The van der Waals surface area contributed by atoms with Crippen LogP contribution >= 0.6 is 11.3 Å². The van der Waals surface area contributed by atoms with Crippen LogP contribution in [0.1, 0.15) is 28.3 Å². The fourth-order valence-electron chi connectivity index (χ4n) is 1.68. The van der Waals surface area contributed by atoms with Crippen molar-refractivity contribution in [1.82, 2.24) is 4.98 Å². The van der Waals surface area contributed by atoms with Crippen LogP contribution in [0.4, 0.5) is 11.4 Å². The van der Waals surface area contributed by atoms with Gasteiger partial charge in [0.15, 0.2) is 0 Å². The number of benzene rings is 1. The van der Waals surface area contributed by atoms with Crippen LogP contribution in [-0.4, -0.2) is 21.0 Å². The van der Waals surface area contributed by atoms with Crippen LogP contribution < -0.4 is 5.32 Å². The summed E-state index contributed by atoms with van der Waals surface area (Å²) in [6.07, 6.45) is 1.65. The zero-order valence-electron chi connectivity index (χ0n) is 10.4. The highest BCUT2D eigenvalue weighted by molar-refractivity contribution is 7.09. The standard InChI is InChI=1S/C12H11N3O4S/c1-7(11-13-4-5-20-11)14-9-3-2-8(12(16)17)6-10(9)15(18)19/h2-7,14H,1H3,(H,16,17). The molecule has 0 aliphatic rings. The molecule has 0 aliphatic heterocycles. The molecular formula is C12H11N3O4S. The summed E-state index contributed by atoms with van der Waals surface area (Å²) in [5, 5.41) is 25.5. The van der Waals surface area contributed by atoms with E-state index in [1.165, 1.54) is 23.5 Å². The normalized spacial score (nSPS) is 11.8. The summed E-state index contributed by atoms with van der Waals surface area (Å²) >= 11 is 1.43. The lowest BCUT2D eigenvalue weighted by molar-refractivity contribution is -0.384. The Hall–Kier alpha value is -2.48. The van der Waals surface area contributed by atoms with Crippen LogP contribution in [-0.2, 0) is 0 Å². The summed E-state index contributed by atoms with van der Waals surface area (Å²) in [5.41, 5.74) is -0.125. The van der Waals surface area contributed by atoms with Gasteiger partial charge in [0.25, 0.3) is 5.69 Å². The summed E-state index contributed by atoms with van der Waals surface area (Å²) in [6.45, 7) is 1.83. The molecule has 2 rings (SSSR count). The number of hydrogen-bond donors (Lipinski definition) is 2. The largest absolute Gasteiger partial charge is 0.478 e. The molecule has 7 nitrogen and oxygen atoms in total. The number of aromatic nitrogens is 1. The topological polar surface area (TPSA) is 105 Å². The molecule has 0 radical (unpaired) electrons. The third kappa shape index (κ3) is 2.91. The van der Waals surface area contributed by atoms with E-state index in [9.17, 15) is 14.9 Å². The van der Waals surface area contributed by atoms with Gasteiger partial charge in [0, 0.05) is 17.6 Å². The monoisotopic (exact) mass is 293 g/mol. The molecule has 2 aromatic rings. The van der Waals surface area contributed by atoms with Crippen molar-refractivity contribution >= 4 is 28.7 Å². The number of nitro groups is 1. The first-order valence-electron chi connectivity index (χ1n) is 5.66. The van der Waals surface area contributed by atoms with Gasteiger partial charge in [-0.3, -0.25) is 10.1 Å². The fourth-order valence-corrected chi connectivity index (χ4v) is 2.33. The lowest BCUT2D eigenvalue weighted by Crippen LogP contribution is -2.09. The van der Waals surface area contributed by atoms with E-state index < -0.39 is 10.9 Å². The molecule has 1 heterocycles. The van der Waals surface area contributed by atoms with Gasteiger partial charge in [0.1, 0.15) is 10.7 Å². The van der Waals surface area contributed by atoms with Crippen molar-refractivity contribution in [1.29, 1.82) is 0 Å². The molecule has 0 fully saturated rings. The molecule has 1 atom stereocenters. The van der Waals surface area contributed by atoms with E-state index in [1.54, 1.807) is 6.20 Å². The molecule has 0 saturated heterocycles. The first-order valence-corrected chi connectivity index (χ1v) is 6.54. The molecule has 0 spiro atoms. The Morgan fingerprint density at radius 2 is 2.30 bits per heavy atom. The van der Waals surface area contributed by atoms with E-state index in [0.29, 0.717) is 0 Å². The third-order valence-electron chi connectivity index (χ3n) is 2.64. The predicted octanol–water partition coefficient (Wildman–Crippen LogP) is 2.92. The van der Waals surface area contributed by atoms with Gasteiger partial charge in [-0.2, -0.15) is 0 Å². The maximum absolute atomic E-state index is 11.0. The molecule has 1 unspecified atom stereocenters. The fraction of sp³-hybridized carbons (Fsp3) is 0.167. The Morgan fingerprint density at radius 3 is 2.85 bits per heavy atom. The predicted molar refractivity (Wildman–Crippen MR) is 74.2 cm³/mol. The quantitative estimate of drug-likeness (QED) is 0.648. The van der Waals surface area contributed by atoms with Gasteiger partial charge in [0.05, 0.1) is 16.5 Å². The average Bonchev–Trinajstić information content (AvgIpc) is 2.92. The van der Waals surface area contributed by atoms with Crippen molar-refractivity contribution in [2.45, 2.75) is 13.0 Å². The number of anilines is 1. The smallest absolute Gasteiger partial charge is 0.335 e. The summed E-state index contributed by atoms with van der Waals surface area (Å²) in [6, 6.07) is 3.56. The minimum absolute atomic E-state index is 0.121. The zero-order valence-corrected chi connectivity index (χ0v) is 11.3. The summed E-state index contributed by atoms with van der Waals surface area (Å²) in [7, 11) is 0. The molecule has 0 bridgehead atoms. The van der Waals surface area contributed by atoms with Gasteiger partial charge in [-0.25, -0.2) is 9.78 Å². The highest BCUT2D eigenvalue weighted by Gasteiger charge is 2.19. The lowest BCUT2D eigenvalue weighted by atomic mass is 10.1. The van der Waals surface area contributed by atoms with E-state index in [4.69, 9.17) is 5.11 Å². The number of carbonyl (C=O) groups is 1. The maximum Gasteiger partial charge on any atom is 0.335 e. The van der Waals surface area contributed by atoms with E-state index in [2.05, 4.69) is 10.3 Å². The van der Waals surface area contributed by atoms with Gasteiger partial charge in [-0.1, -0.05) is 0 Å². The third-order valence-corrected chi connectivity index (χ3v) is 3.59. The molecule has 0 amide bonds. The molecule has 2 N–H and O–H groups in total. The second kappa shape index (κ2) is 5.66. The van der Waals surface area contributed by atoms with Crippen LogP contribution in [0.2, 0.25) is 0 Å². The minimum Gasteiger partial charge on any atom is -0.478 e. The summed E-state index contributed by atoms with van der Waals surface area (Å²) in [5.74, 6) is -1.20. The Balaban J connectivity index is 2.31. The molecule has 8 heteroatoms. The summed E-state index contributed by atoms with van der Waals surface area (Å²) < 4.78 is 0. The molecule has 1 aromatic heterocycles. The first kappa shape index (κ1) is 13.9. The van der Waals surface area contributed by atoms with Crippen molar-refractivity contribution < 1.29 is 14.8 Å². The van der Waals surface area contributed by atoms with E-state index in [-0.39, 0.29) is 23.0 Å². The number of nitro benzene ring substituents is 1. The van der Waals surface area contributed by atoms with Crippen LogP contribution in [0, 0.1) is 10.1 Å². The Bertz CT molecular complexity index is 642. The van der Waals surface area contributed by atoms with Gasteiger partial charge in [0.2, 0.25) is 0 Å². The Kier molecular flexibility index (Phi) is 3.94. The molecule has 1 aromatic carbocycles. The van der Waals surface area contributed by atoms with E-state index >= 15 is 0 Å². The van der Waals surface area contributed by atoms with Gasteiger partial charge in [-0.15, -0.1) is 11.3 Å². The molecule has 0 aliphatic carbocycles. The number of nitrogens with zero attached hydrogens (tertiary/aromatic N) is 2. The number of aromatic carboxylic acids is 1. The average molecular weight is 293 g/mol. The molecule has 20 heavy (non-hydrogen) atoms. The van der Waals surface area contributed by atoms with Crippen molar-refractivity contribution in [3.63, 3.8) is 0 Å². The van der Waals surface area contributed by atoms with Crippen molar-refractivity contribution in [3.8, 4) is 0 Å². The summed E-state index contributed by atoms with van der Waals surface area (Å²) in [4.78, 5) is 25.4. The van der Waals surface area contributed by atoms with Crippen LogP contribution in [0.25, 0.3) is 0 Å². The zero-order chi connectivity index (χ0) is 14.7. The van der Waals surface area contributed by atoms with Crippen LogP contribution in [0.15, 0.2) is 29.8 Å². The number of carboxylic acid groups (broad SMARTS) is 1. The number of nitrogens with one attached hydrogen (secondary N) is 1. The first-order chi connectivity index (χ1) is 9.49.